The lowest BCUT2D eigenvalue weighted by atomic mass is 10.00. The van der Waals surface area contributed by atoms with Crippen LogP contribution in [0.3, 0.4) is 0 Å². The van der Waals surface area contributed by atoms with Gasteiger partial charge in [-0.15, -0.1) is 0 Å². The molecular weight excluding hydrogens is 514 g/mol. The molecule has 1 heterocycles. The van der Waals surface area contributed by atoms with Gasteiger partial charge in [0.25, 0.3) is 15.9 Å². The highest BCUT2D eigenvalue weighted by atomic mass is 32.2. The van der Waals surface area contributed by atoms with Crippen molar-refractivity contribution in [2.75, 3.05) is 6.54 Å². The Morgan fingerprint density at radius 2 is 1.54 bits per heavy atom. The first-order valence-corrected chi connectivity index (χ1v) is 14.2. The van der Waals surface area contributed by atoms with Crippen LogP contribution >= 0.6 is 0 Å². The molecule has 204 valence electrons. The van der Waals surface area contributed by atoms with Crippen LogP contribution in [0.1, 0.15) is 47.8 Å². The van der Waals surface area contributed by atoms with Crippen molar-refractivity contribution in [3.8, 4) is 0 Å². The van der Waals surface area contributed by atoms with E-state index in [1.54, 1.807) is 6.07 Å². The molecule has 0 spiro atoms. The predicted octanol–water partition coefficient (Wildman–Crippen LogP) is 3.69. The van der Waals surface area contributed by atoms with Crippen molar-refractivity contribution >= 4 is 27.7 Å². The summed E-state index contributed by atoms with van der Waals surface area (Å²) >= 11 is 0. The van der Waals surface area contributed by atoms with Crippen molar-refractivity contribution < 1.29 is 22.8 Å². The van der Waals surface area contributed by atoms with E-state index in [1.165, 1.54) is 23.1 Å². The smallest absolute Gasteiger partial charge is 0.269 e. The molecule has 0 radical (unpaired) electrons. The molecule has 3 amide bonds. The van der Waals surface area contributed by atoms with Gasteiger partial charge in [0.1, 0.15) is 17.5 Å². The minimum atomic E-state index is -4.20. The second kappa shape index (κ2) is 11.0. The Morgan fingerprint density at radius 3 is 2.18 bits per heavy atom. The van der Waals surface area contributed by atoms with Gasteiger partial charge < -0.3 is 10.2 Å². The summed E-state index contributed by atoms with van der Waals surface area (Å²) in [6, 6.07) is 21.8. The fourth-order valence-electron chi connectivity index (χ4n) is 4.58. The highest BCUT2D eigenvalue weighted by Crippen LogP contribution is 2.30. The lowest BCUT2D eigenvalue weighted by Crippen LogP contribution is -2.56. The molecule has 1 aliphatic rings. The Balaban J connectivity index is 1.74. The molecule has 0 aromatic heterocycles. The number of carbonyl (C=O) groups is 3. The van der Waals surface area contributed by atoms with Crippen molar-refractivity contribution in [2.45, 2.75) is 57.1 Å². The van der Waals surface area contributed by atoms with Crippen LogP contribution in [0.2, 0.25) is 0 Å². The summed E-state index contributed by atoms with van der Waals surface area (Å²) in [6.45, 7) is 6.82. The third-order valence-corrected chi connectivity index (χ3v) is 8.35. The lowest BCUT2D eigenvalue weighted by Gasteiger charge is -2.34. The topological polar surface area (TPSA) is 104 Å². The van der Waals surface area contributed by atoms with E-state index in [9.17, 15) is 22.8 Å². The molecule has 0 unspecified atom stereocenters. The quantitative estimate of drug-likeness (QED) is 0.463. The Morgan fingerprint density at radius 1 is 0.923 bits per heavy atom. The molecule has 0 saturated carbocycles. The zero-order valence-corrected chi connectivity index (χ0v) is 23.4. The van der Waals surface area contributed by atoms with Crippen LogP contribution in [-0.2, 0) is 32.6 Å². The summed E-state index contributed by atoms with van der Waals surface area (Å²) in [5.74, 6) is -1.77. The molecule has 1 N–H and O–H groups in total. The Labute approximate surface area is 229 Å². The summed E-state index contributed by atoms with van der Waals surface area (Å²) in [6.07, 6.45) is 0.210. The molecule has 3 aromatic carbocycles. The highest BCUT2D eigenvalue weighted by molar-refractivity contribution is 7.90. The Kier molecular flexibility index (Phi) is 7.92. The van der Waals surface area contributed by atoms with Gasteiger partial charge in [-0.25, -0.2) is 12.7 Å². The van der Waals surface area contributed by atoms with E-state index >= 15 is 0 Å². The minimum absolute atomic E-state index is 0.0297. The van der Waals surface area contributed by atoms with Gasteiger partial charge in [-0.3, -0.25) is 14.4 Å². The number of amides is 3. The van der Waals surface area contributed by atoms with Crippen molar-refractivity contribution in [3.05, 3.63) is 101 Å². The van der Waals surface area contributed by atoms with Gasteiger partial charge in [0.2, 0.25) is 11.8 Å². The van der Waals surface area contributed by atoms with Gasteiger partial charge in [0, 0.05) is 18.5 Å². The largest absolute Gasteiger partial charge is 0.350 e. The number of nitrogens with zero attached hydrogens (tertiary/aromatic N) is 2. The molecule has 1 atom stereocenters. The zero-order chi connectivity index (χ0) is 28.4. The average Bonchev–Trinajstić information content (AvgIpc) is 3.07. The molecule has 0 saturated heterocycles. The Bertz CT molecular complexity index is 1500. The van der Waals surface area contributed by atoms with Crippen LogP contribution in [0.15, 0.2) is 83.8 Å². The van der Waals surface area contributed by atoms with E-state index in [1.807, 2.05) is 82.3 Å². The van der Waals surface area contributed by atoms with E-state index in [2.05, 4.69) is 5.32 Å². The highest BCUT2D eigenvalue weighted by Gasteiger charge is 2.43. The average molecular weight is 548 g/mol. The predicted molar refractivity (Wildman–Crippen MR) is 148 cm³/mol. The van der Waals surface area contributed by atoms with E-state index in [4.69, 9.17) is 0 Å². The minimum Gasteiger partial charge on any atom is -0.350 e. The number of hydrogen-bond donors (Lipinski definition) is 1. The van der Waals surface area contributed by atoms with E-state index in [-0.39, 0.29) is 29.3 Å². The number of carbonyl (C=O) groups excluding carboxylic acids is 3. The summed E-state index contributed by atoms with van der Waals surface area (Å²) < 4.78 is 27.0. The van der Waals surface area contributed by atoms with Crippen LogP contribution in [-0.4, -0.2) is 53.5 Å². The van der Waals surface area contributed by atoms with Gasteiger partial charge in [-0.05, 0) is 56.5 Å². The third-order valence-electron chi connectivity index (χ3n) is 6.56. The maximum atomic E-state index is 14.0. The van der Waals surface area contributed by atoms with Gasteiger partial charge in [-0.1, -0.05) is 66.7 Å². The van der Waals surface area contributed by atoms with Crippen molar-refractivity contribution in [1.82, 2.24) is 14.5 Å². The summed E-state index contributed by atoms with van der Waals surface area (Å²) in [5, 5.41) is 2.98. The second-order valence-electron chi connectivity index (χ2n) is 10.7. The van der Waals surface area contributed by atoms with Gasteiger partial charge >= 0.3 is 0 Å². The number of benzene rings is 3. The van der Waals surface area contributed by atoms with Crippen molar-refractivity contribution in [2.24, 2.45) is 0 Å². The van der Waals surface area contributed by atoms with Gasteiger partial charge in [-0.2, -0.15) is 0 Å². The van der Waals surface area contributed by atoms with Crippen LogP contribution in [0.25, 0.3) is 0 Å². The molecule has 39 heavy (non-hydrogen) atoms. The van der Waals surface area contributed by atoms with E-state index in [0.717, 1.165) is 16.7 Å². The zero-order valence-electron chi connectivity index (χ0n) is 22.5. The molecule has 3 aromatic rings. The number of rotatable bonds is 8. The van der Waals surface area contributed by atoms with Crippen LogP contribution in [0, 0.1) is 6.92 Å². The number of fused-ring (bicyclic) bond motifs is 1. The molecule has 0 aliphatic carbocycles. The first-order valence-electron chi connectivity index (χ1n) is 12.7. The summed E-state index contributed by atoms with van der Waals surface area (Å²) in [4.78, 5) is 42.0. The molecule has 1 aliphatic heterocycles. The molecule has 4 rings (SSSR count). The van der Waals surface area contributed by atoms with Crippen molar-refractivity contribution in [3.63, 3.8) is 0 Å². The maximum absolute atomic E-state index is 14.0. The fraction of sp³-hybridized carbons (Fsp3) is 0.300. The van der Waals surface area contributed by atoms with Crippen molar-refractivity contribution in [1.29, 1.82) is 0 Å². The Hall–Kier alpha value is -3.98. The first kappa shape index (κ1) is 28.0. The van der Waals surface area contributed by atoms with E-state index in [0.29, 0.717) is 4.31 Å². The first-order chi connectivity index (χ1) is 18.4. The van der Waals surface area contributed by atoms with Gasteiger partial charge in [0.15, 0.2) is 0 Å². The maximum Gasteiger partial charge on any atom is 0.269 e. The van der Waals surface area contributed by atoms with Crippen LogP contribution < -0.4 is 5.32 Å². The third kappa shape index (κ3) is 6.20. The molecule has 0 bridgehead atoms. The number of nitrogens with one attached hydrogen (secondary N) is 1. The molecule has 9 heteroatoms. The number of aryl methyl sites for hydroxylation is 1. The monoisotopic (exact) mass is 547 g/mol. The summed E-state index contributed by atoms with van der Waals surface area (Å²) in [7, 11) is -4.20. The number of hydrogen-bond acceptors (Lipinski definition) is 5. The van der Waals surface area contributed by atoms with Crippen LogP contribution in [0.5, 0.6) is 0 Å². The SMILES string of the molecule is Cc1ccccc1CN(C(=O)CN1C(=O)c2ccccc2S1(=O)=O)[C@@H](Cc1ccccc1)C(=O)NC(C)(C)C. The standard InChI is InChI=1S/C30H33N3O5S/c1-21-12-8-9-15-23(21)19-32(25(28(35)31-30(2,3)4)18-22-13-6-5-7-14-22)27(34)20-33-29(36)24-16-10-11-17-26(24)39(33,37)38/h5-17,25H,18-20H2,1-4H3,(H,31,35)/t25-/m0/s1. The number of sulfonamides is 1. The summed E-state index contributed by atoms with van der Waals surface area (Å²) in [5.41, 5.74) is 2.03. The fourth-order valence-corrected chi connectivity index (χ4v) is 6.10. The second-order valence-corrected chi connectivity index (χ2v) is 12.5. The van der Waals surface area contributed by atoms with Crippen LogP contribution in [0.4, 0.5) is 0 Å². The molecule has 0 fully saturated rings. The van der Waals surface area contributed by atoms with E-state index < -0.39 is 40.0 Å². The molecular formula is C30H33N3O5S. The normalized spacial score (nSPS) is 15.0. The molecule has 8 nitrogen and oxygen atoms in total. The van der Waals surface area contributed by atoms with Gasteiger partial charge in [0.05, 0.1) is 5.56 Å². The lowest BCUT2D eigenvalue weighted by molar-refractivity contribution is -0.141.